The number of aromatic nitrogens is 1. The number of hydrogen-bond acceptors (Lipinski definition) is 5. The minimum atomic E-state index is 0.483. The average molecular weight is 311 g/mol. The van der Waals surface area contributed by atoms with Gasteiger partial charge in [0.15, 0.2) is 5.13 Å². The second kappa shape index (κ2) is 8.11. The van der Waals surface area contributed by atoms with E-state index in [4.69, 9.17) is 9.72 Å². The van der Waals surface area contributed by atoms with E-state index in [1.807, 2.05) is 11.3 Å². The Morgan fingerprint density at radius 3 is 2.71 bits per heavy atom. The van der Waals surface area contributed by atoms with Crippen molar-refractivity contribution in [3.05, 3.63) is 10.6 Å². The van der Waals surface area contributed by atoms with Crippen LogP contribution in [0.2, 0.25) is 0 Å². The Kier molecular flexibility index (Phi) is 6.45. The molecule has 1 aliphatic heterocycles. The molecule has 120 valence electrons. The molecule has 4 nitrogen and oxygen atoms in total. The van der Waals surface area contributed by atoms with E-state index in [0.717, 1.165) is 39.1 Å². The Bertz CT molecular complexity index is 427. The topological polar surface area (TPSA) is 37.4 Å². The number of anilines is 1. The summed E-state index contributed by atoms with van der Waals surface area (Å²) in [6.45, 7) is 10.4. The number of thiazole rings is 1. The Hall–Kier alpha value is -0.650. The van der Waals surface area contributed by atoms with Gasteiger partial charge in [0, 0.05) is 37.7 Å². The molecule has 0 amide bonds. The Morgan fingerprint density at radius 2 is 2.10 bits per heavy atom. The molecule has 1 aliphatic rings. The summed E-state index contributed by atoms with van der Waals surface area (Å²) in [5.74, 6) is 0.483. The van der Waals surface area contributed by atoms with Crippen molar-refractivity contribution in [1.82, 2.24) is 10.3 Å². The molecule has 0 aliphatic carbocycles. The van der Waals surface area contributed by atoms with Crippen LogP contribution in [0.1, 0.15) is 56.5 Å². The maximum Gasteiger partial charge on any atom is 0.185 e. The molecule has 1 saturated heterocycles. The summed E-state index contributed by atoms with van der Waals surface area (Å²) in [5.41, 5.74) is 1.26. The highest BCUT2D eigenvalue weighted by Gasteiger charge is 2.23. The maximum atomic E-state index is 5.46. The van der Waals surface area contributed by atoms with Gasteiger partial charge in [0.2, 0.25) is 0 Å². The van der Waals surface area contributed by atoms with Crippen LogP contribution in [0.5, 0.6) is 0 Å². The molecule has 0 aromatic carbocycles. The molecule has 1 aromatic rings. The highest BCUT2D eigenvalue weighted by atomic mass is 32.1. The monoisotopic (exact) mass is 311 g/mol. The lowest BCUT2D eigenvalue weighted by Crippen LogP contribution is -2.36. The second-order valence-electron chi connectivity index (χ2n) is 6.09. The molecular formula is C16H29N3OS. The van der Waals surface area contributed by atoms with Gasteiger partial charge in [-0.05, 0) is 31.7 Å². The van der Waals surface area contributed by atoms with Crippen molar-refractivity contribution in [2.45, 2.75) is 58.5 Å². The number of nitrogens with one attached hydrogen (secondary N) is 1. The quantitative estimate of drug-likeness (QED) is 0.783. The van der Waals surface area contributed by atoms with E-state index < -0.39 is 0 Å². The first kappa shape index (κ1) is 16.7. The Labute approximate surface area is 132 Å². The van der Waals surface area contributed by atoms with Crippen molar-refractivity contribution >= 4 is 16.5 Å². The molecule has 2 heterocycles. The van der Waals surface area contributed by atoms with Gasteiger partial charge >= 0.3 is 0 Å². The van der Waals surface area contributed by atoms with Crippen LogP contribution in [0.4, 0.5) is 5.13 Å². The average Bonchev–Trinajstić information content (AvgIpc) is 2.92. The summed E-state index contributed by atoms with van der Waals surface area (Å²) in [4.78, 5) is 8.69. The van der Waals surface area contributed by atoms with E-state index in [2.05, 4.69) is 38.0 Å². The molecule has 0 unspecified atom stereocenters. The third-order valence-corrected chi connectivity index (χ3v) is 5.18. The van der Waals surface area contributed by atoms with E-state index in [1.54, 1.807) is 0 Å². The van der Waals surface area contributed by atoms with Crippen molar-refractivity contribution in [3.63, 3.8) is 0 Å². The van der Waals surface area contributed by atoms with Crippen molar-refractivity contribution in [2.75, 3.05) is 31.7 Å². The molecule has 2 rings (SSSR count). The minimum absolute atomic E-state index is 0.483. The summed E-state index contributed by atoms with van der Waals surface area (Å²) in [6, 6.07) is 0.571. The molecule has 0 bridgehead atoms. The van der Waals surface area contributed by atoms with Gasteiger partial charge in [0.05, 0.1) is 5.69 Å². The van der Waals surface area contributed by atoms with E-state index in [-0.39, 0.29) is 0 Å². The largest absolute Gasteiger partial charge is 0.381 e. The van der Waals surface area contributed by atoms with Crippen LogP contribution in [-0.4, -0.2) is 37.8 Å². The predicted molar refractivity (Wildman–Crippen MR) is 90.4 cm³/mol. The fraction of sp³-hybridized carbons (Fsp3) is 0.812. The molecule has 1 aromatic heterocycles. The van der Waals surface area contributed by atoms with Crippen molar-refractivity contribution in [3.8, 4) is 0 Å². The van der Waals surface area contributed by atoms with Crippen LogP contribution in [0.25, 0.3) is 0 Å². The first-order valence-electron chi connectivity index (χ1n) is 8.14. The van der Waals surface area contributed by atoms with Crippen LogP contribution in [0.3, 0.4) is 0 Å². The highest BCUT2D eigenvalue weighted by Crippen LogP contribution is 2.32. The van der Waals surface area contributed by atoms with Gasteiger partial charge in [-0.1, -0.05) is 20.8 Å². The zero-order chi connectivity index (χ0) is 15.2. The van der Waals surface area contributed by atoms with E-state index in [1.165, 1.54) is 22.1 Å². The Balaban J connectivity index is 2.09. The molecular weight excluding hydrogens is 282 g/mol. The van der Waals surface area contributed by atoms with Gasteiger partial charge in [-0.3, -0.25) is 0 Å². The molecule has 5 heteroatoms. The van der Waals surface area contributed by atoms with Crippen LogP contribution in [-0.2, 0) is 11.3 Å². The Morgan fingerprint density at radius 1 is 1.38 bits per heavy atom. The highest BCUT2D eigenvalue weighted by molar-refractivity contribution is 7.15. The lowest BCUT2D eigenvalue weighted by Gasteiger charge is -2.30. The summed E-state index contributed by atoms with van der Waals surface area (Å²) >= 11 is 1.85. The zero-order valence-electron chi connectivity index (χ0n) is 13.8. The summed E-state index contributed by atoms with van der Waals surface area (Å²) in [6.07, 6.45) is 3.39. The smallest absolute Gasteiger partial charge is 0.185 e. The van der Waals surface area contributed by atoms with Gasteiger partial charge in [-0.15, -0.1) is 11.3 Å². The minimum Gasteiger partial charge on any atom is -0.381 e. The summed E-state index contributed by atoms with van der Waals surface area (Å²) in [5, 5.41) is 4.68. The van der Waals surface area contributed by atoms with Gasteiger partial charge in [0.25, 0.3) is 0 Å². The van der Waals surface area contributed by atoms with Gasteiger partial charge < -0.3 is 15.0 Å². The summed E-state index contributed by atoms with van der Waals surface area (Å²) < 4.78 is 5.46. The van der Waals surface area contributed by atoms with Crippen LogP contribution in [0.15, 0.2) is 0 Å². The normalized spacial score (nSPS) is 16.6. The van der Waals surface area contributed by atoms with Crippen molar-refractivity contribution in [1.29, 1.82) is 0 Å². The third kappa shape index (κ3) is 4.41. The number of ether oxygens (including phenoxy) is 1. The molecule has 0 spiro atoms. The van der Waals surface area contributed by atoms with Crippen LogP contribution in [0, 0.1) is 0 Å². The molecule has 1 N–H and O–H groups in total. The number of nitrogens with zero attached hydrogens (tertiary/aromatic N) is 2. The lowest BCUT2D eigenvalue weighted by atomic mass is 10.1. The van der Waals surface area contributed by atoms with Crippen LogP contribution < -0.4 is 10.2 Å². The van der Waals surface area contributed by atoms with Crippen molar-refractivity contribution < 1.29 is 4.74 Å². The molecule has 0 saturated carbocycles. The van der Waals surface area contributed by atoms with Gasteiger partial charge in [-0.25, -0.2) is 4.98 Å². The third-order valence-electron chi connectivity index (χ3n) is 4.02. The summed E-state index contributed by atoms with van der Waals surface area (Å²) in [7, 11) is 2.18. The van der Waals surface area contributed by atoms with E-state index in [9.17, 15) is 0 Å². The predicted octanol–water partition coefficient (Wildman–Crippen LogP) is 3.38. The first-order chi connectivity index (χ1) is 10.1. The SMILES string of the molecule is CCCNCc1sc(N(C)C2CCOCC2)nc1C(C)C. The molecule has 0 radical (unpaired) electrons. The lowest BCUT2D eigenvalue weighted by molar-refractivity contribution is 0.0855. The van der Waals surface area contributed by atoms with Gasteiger partial charge in [0.1, 0.15) is 0 Å². The van der Waals surface area contributed by atoms with E-state index >= 15 is 0 Å². The fourth-order valence-electron chi connectivity index (χ4n) is 2.69. The maximum absolute atomic E-state index is 5.46. The molecule has 21 heavy (non-hydrogen) atoms. The second-order valence-corrected chi connectivity index (χ2v) is 7.15. The van der Waals surface area contributed by atoms with Gasteiger partial charge in [-0.2, -0.15) is 0 Å². The molecule has 1 fully saturated rings. The standard InChI is InChI=1S/C16H29N3OS/c1-5-8-17-11-14-15(12(2)3)18-16(21-14)19(4)13-6-9-20-10-7-13/h12-13,17H,5-11H2,1-4H3. The number of hydrogen-bond donors (Lipinski definition) is 1. The number of rotatable bonds is 7. The molecule has 0 atom stereocenters. The van der Waals surface area contributed by atoms with Crippen molar-refractivity contribution in [2.24, 2.45) is 0 Å². The zero-order valence-corrected chi connectivity index (χ0v) is 14.6. The fourth-order valence-corrected chi connectivity index (χ4v) is 3.90. The first-order valence-corrected chi connectivity index (χ1v) is 8.96. The van der Waals surface area contributed by atoms with Crippen LogP contribution >= 0.6 is 11.3 Å². The van der Waals surface area contributed by atoms with E-state index in [0.29, 0.717) is 12.0 Å².